The number of anilines is 3. The number of hydrogen-bond acceptors (Lipinski definition) is 5. The van der Waals surface area contributed by atoms with Crippen LogP contribution in [0.4, 0.5) is 17.3 Å². The smallest absolute Gasteiger partial charge is 0.214 e. The second kappa shape index (κ2) is 13.5. The molecule has 0 aromatic carbocycles. The zero-order chi connectivity index (χ0) is 26.0. The molecule has 6 heteroatoms. The maximum absolute atomic E-state index is 12.0. The van der Waals surface area contributed by atoms with Crippen LogP contribution in [0, 0.1) is 11.3 Å². The van der Waals surface area contributed by atoms with Gasteiger partial charge in [-0.3, -0.25) is 4.79 Å². The quantitative estimate of drug-likeness (QED) is 0.231. The predicted octanol–water partition coefficient (Wildman–Crippen LogP) is 7.14. The summed E-state index contributed by atoms with van der Waals surface area (Å²) in [5.41, 5.74) is 5.32. The summed E-state index contributed by atoms with van der Waals surface area (Å²) < 4.78 is 0. The van der Waals surface area contributed by atoms with Gasteiger partial charge in [0.05, 0.1) is 0 Å². The fraction of sp³-hybridized carbons (Fsp3) is 0.621. The maximum Gasteiger partial charge on any atom is 0.214 e. The van der Waals surface area contributed by atoms with E-state index in [2.05, 4.69) is 73.4 Å². The summed E-state index contributed by atoms with van der Waals surface area (Å²) in [6, 6.07) is 0.193. The van der Waals surface area contributed by atoms with Crippen molar-refractivity contribution >= 4 is 23.7 Å². The normalized spacial score (nSPS) is 21.1. The van der Waals surface area contributed by atoms with E-state index < -0.39 is 0 Å². The van der Waals surface area contributed by atoms with E-state index in [0.29, 0.717) is 29.3 Å². The van der Waals surface area contributed by atoms with E-state index in [0.717, 1.165) is 31.6 Å². The molecule has 0 radical (unpaired) electrons. The van der Waals surface area contributed by atoms with Crippen molar-refractivity contribution in [2.45, 2.75) is 93.0 Å². The Morgan fingerprint density at radius 2 is 1.89 bits per heavy atom. The molecule has 0 aliphatic heterocycles. The van der Waals surface area contributed by atoms with Crippen LogP contribution in [0.15, 0.2) is 41.3 Å². The van der Waals surface area contributed by atoms with Crippen molar-refractivity contribution in [2.75, 3.05) is 29.1 Å². The SMILES string of the molecule is CNc1ncnc(NC(C)C)c1N(C=O)CC=C(C)CCC=C(C)CC[C@@]1(C)C(C)=CCC[C@@H]1C. The molecular formula is C29H47N5O. The van der Waals surface area contributed by atoms with E-state index >= 15 is 0 Å². The fourth-order valence-electron chi connectivity index (χ4n) is 4.80. The van der Waals surface area contributed by atoms with Crippen LogP contribution in [0.2, 0.25) is 0 Å². The minimum Gasteiger partial charge on any atom is -0.371 e. The minimum absolute atomic E-state index is 0.193. The molecule has 0 saturated heterocycles. The van der Waals surface area contributed by atoms with E-state index in [-0.39, 0.29) is 6.04 Å². The van der Waals surface area contributed by atoms with Gasteiger partial charge in [-0.25, -0.2) is 9.97 Å². The molecule has 2 atom stereocenters. The summed E-state index contributed by atoms with van der Waals surface area (Å²) in [6.07, 6.45) is 16.2. The first-order valence-corrected chi connectivity index (χ1v) is 13.1. The highest BCUT2D eigenvalue weighted by molar-refractivity contribution is 5.89. The van der Waals surface area contributed by atoms with Gasteiger partial charge in [-0.15, -0.1) is 0 Å². The number of allylic oxidation sites excluding steroid dienone is 5. The lowest BCUT2D eigenvalue weighted by molar-refractivity contribution is -0.107. The molecule has 2 N–H and O–H groups in total. The van der Waals surface area contributed by atoms with Crippen LogP contribution in [0.25, 0.3) is 0 Å². The van der Waals surface area contributed by atoms with Gasteiger partial charge in [0.2, 0.25) is 6.41 Å². The molecular weight excluding hydrogens is 434 g/mol. The van der Waals surface area contributed by atoms with Gasteiger partial charge in [0.15, 0.2) is 11.6 Å². The van der Waals surface area contributed by atoms with Gasteiger partial charge >= 0.3 is 0 Å². The van der Waals surface area contributed by atoms with Crippen LogP contribution in [0.3, 0.4) is 0 Å². The minimum atomic E-state index is 0.193. The monoisotopic (exact) mass is 481 g/mol. The third-order valence-corrected chi connectivity index (χ3v) is 7.64. The molecule has 1 aliphatic rings. The first-order valence-electron chi connectivity index (χ1n) is 13.1. The summed E-state index contributed by atoms with van der Waals surface area (Å²) in [6.45, 7) is 16.1. The lowest BCUT2D eigenvalue weighted by Crippen LogP contribution is -2.29. The highest BCUT2D eigenvalue weighted by Crippen LogP contribution is 2.45. The number of rotatable bonds is 13. The van der Waals surface area contributed by atoms with Crippen LogP contribution in [-0.2, 0) is 4.79 Å². The molecule has 0 fully saturated rings. The molecule has 0 saturated carbocycles. The Bertz CT molecular complexity index is 933. The van der Waals surface area contributed by atoms with Crippen molar-refractivity contribution in [3.63, 3.8) is 0 Å². The number of aromatic nitrogens is 2. The molecule has 0 unspecified atom stereocenters. The topological polar surface area (TPSA) is 70.2 Å². The van der Waals surface area contributed by atoms with E-state index in [1.807, 2.05) is 13.8 Å². The Kier molecular flexibility index (Phi) is 11.0. The molecule has 1 heterocycles. The largest absolute Gasteiger partial charge is 0.371 e. The number of amides is 1. The van der Waals surface area contributed by atoms with E-state index in [4.69, 9.17) is 0 Å². The average molecular weight is 482 g/mol. The third kappa shape index (κ3) is 7.94. The second-order valence-corrected chi connectivity index (χ2v) is 10.6. The van der Waals surface area contributed by atoms with Crippen LogP contribution in [0.1, 0.15) is 87.0 Å². The molecule has 6 nitrogen and oxygen atoms in total. The molecule has 194 valence electrons. The fourth-order valence-corrected chi connectivity index (χ4v) is 4.80. The Morgan fingerprint density at radius 3 is 2.51 bits per heavy atom. The number of carbonyl (C=O) groups is 1. The highest BCUT2D eigenvalue weighted by atomic mass is 16.1. The summed E-state index contributed by atoms with van der Waals surface area (Å²) >= 11 is 0. The number of hydrogen-bond donors (Lipinski definition) is 2. The first kappa shape index (κ1) is 28.6. The van der Waals surface area contributed by atoms with Crippen LogP contribution < -0.4 is 15.5 Å². The zero-order valence-electron chi connectivity index (χ0n) is 23.2. The molecule has 0 spiro atoms. The Morgan fingerprint density at radius 1 is 1.20 bits per heavy atom. The lowest BCUT2D eigenvalue weighted by Gasteiger charge is -2.40. The Balaban J connectivity index is 1.96. The Hall–Kier alpha value is -2.63. The van der Waals surface area contributed by atoms with Gasteiger partial charge in [-0.05, 0) is 84.5 Å². The number of nitrogens with zero attached hydrogens (tertiary/aromatic N) is 3. The maximum atomic E-state index is 12.0. The summed E-state index contributed by atoms with van der Waals surface area (Å²) in [5.74, 6) is 2.04. The zero-order valence-corrected chi connectivity index (χ0v) is 23.2. The molecule has 35 heavy (non-hydrogen) atoms. The molecule has 1 aromatic heterocycles. The van der Waals surface area contributed by atoms with Crippen molar-refractivity contribution in [1.82, 2.24) is 9.97 Å². The second-order valence-electron chi connectivity index (χ2n) is 10.6. The van der Waals surface area contributed by atoms with Crippen molar-refractivity contribution in [2.24, 2.45) is 11.3 Å². The van der Waals surface area contributed by atoms with Gasteiger partial charge in [-0.2, -0.15) is 0 Å². The summed E-state index contributed by atoms with van der Waals surface area (Å²) in [7, 11) is 1.80. The third-order valence-electron chi connectivity index (χ3n) is 7.64. The van der Waals surface area contributed by atoms with E-state index in [1.165, 1.54) is 36.7 Å². The lowest BCUT2D eigenvalue weighted by atomic mass is 9.65. The van der Waals surface area contributed by atoms with Gasteiger partial charge in [-0.1, -0.05) is 48.8 Å². The van der Waals surface area contributed by atoms with E-state index in [9.17, 15) is 4.79 Å². The van der Waals surface area contributed by atoms with Crippen LogP contribution in [0.5, 0.6) is 0 Å². The van der Waals surface area contributed by atoms with Crippen molar-refractivity contribution < 1.29 is 4.79 Å². The molecule has 0 bridgehead atoms. The van der Waals surface area contributed by atoms with Crippen molar-refractivity contribution in [3.8, 4) is 0 Å². The number of carbonyl (C=O) groups excluding carboxylic acids is 1. The highest BCUT2D eigenvalue weighted by Gasteiger charge is 2.34. The van der Waals surface area contributed by atoms with Crippen LogP contribution in [-0.4, -0.2) is 36.0 Å². The summed E-state index contributed by atoms with van der Waals surface area (Å²) in [5, 5.41) is 6.40. The van der Waals surface area contributed by atoms with Crippen molar-refractivity contribution in [1.29, 1.82) is 0 Å². The standard InChI is InChI=1S/C29H47N5O/c1-21(2)33-28-26(27(30-8)31-19-32-28)34(20-35)18-16-23(4)12-9-11-22(3)15-17-29(7)24(5)13-10-14-25(29)6/h11,13,16,19-21,25H,9-10,12,14-15,17-18H2,1-8H3,(H2,30,31,32,33)/t25-,29-/m0/s1. The van der Waals surface area contributed by atoms with Crippen LogP contribution >= 0.6 is 0 Å². The van der Waals surface area contributed by atoms with E-state index in [1.54, 1.807) is 17.5 Å². The molecule has 1 amide bonds. The average Bonchev–Trinajstić information content (AvgIpc) is 2.82. The van der Waals surface area contributed by atoms with Gasteiger partial charge < -0.3 is 15.5 Å². The summed E-state index contributed by atoms with van der Waals surface area (Å²) in [4.78, 5) is 22.3. The van der Waals surface area contributed by atoms with Gasteiger partial charge in [0.1, 0.15) is 12.0 Å². The van der Waals surface area contributed by atoms with Gasteiger partial charge in [0, 0.05) is 19.6 Å². The predicted molar refractivity (Wildman–Crippen MR) is 150 cm³/mol. The van der Waals surface area contributed by atoms with Gasteiger partial charge in [0.25, 0.3) is 0 Å². The van der Waals surface area contributed by atoms with Crippen molar-refractivity contribution in [3.05, 3.63) is 41.3 Å². The number of nitrogens with one attached hydrogen (secondary N) is 2. The molecule has 1 aromatic rings. The molecule has 2 rings (SSSR count). The molecule has 1 aliphatic carbocycles. The Labute approximate surface area is 213 Å². The first-order chi connectivity index (χ1) is 16.6.